The zero-order chi connectivity index (χ0) is 25.2. The number of nitrogens with zero attached hydrogens (tertiary/aromatic N) is 2. The third-order valence-electron chi connectivity index (χ3n) is 5.98. The summed E-state index contributed by atoms with van der Waals surface area (Å²) in [5.41, 5.74) is 1.48. The van der Waals surface area contributed by atoms with Gasteiger partial charge in [0.1, 0.15) is 17.3 Å². The Kier molecular flexibility index (Phi) is 6.52. The molecule has 36 heavy (non-hydrogen) atoms. The molecular formula is C28H23FN2O4S. The number of aliphatic hydroxyl groups is 1. The number of unbranched alkanes of at least 4 members (excludes halogenated alkanes) is 1. The van der Waals surface area contributed by atoms with Crippen LogP contribution in [0, 0.1) is 5.82 Å². The summed E-state index contributed by atoms with van der Waals surface area (Å²) in [6.45, 7) is 2.61. The van der Waals surface area contributed by atoms with Crippen LogP contribution in [0.25, 0.3) is 16.0 Å². The first-order valence-electron chi connectivity index (χ1n) is 11.6. The van der Waals surface area contributed by atoms with Crippen LogP contribution in [-0.4, -0.2) is 28.4 Å². The highest BCUT2D eigenvalue weighted by atomic mass is 32.1. The molecule has 1 amide bonds. The number of aliphatic hydroxyl groups excluding tert-OH is 1. The van der Waals surface area contributed by atoms with E-state index < -0.39 is 23.5 Å². The molecule has 1 aromatic heterocycles. The summed E-state index contributed by atoms with van der Waals surface area (Å²) in [7, 11) is 0. The first-order chi connectivity index (χ1) is 17.5. The summed E-state index contributed by atoms with van der Waals surface area (Å²) < 4.78 is 20.2. The number of Topliss-reactive ketones (excluding diaryl/α,β-unsaturated/α-hetero) is 1. The van der Waals surface area contributed by atoms with Crippen LogP contribution < -0.4 is 9.64 Å². The van der Waals surface area contributed by atoms with Crippen LogP contribution in [0.2, 0.25) is 0 Å². The summed E-state index contributed by atoms with van der Waals surface area (Å²) >= 11 is 1.11. The fourth-order valence-corrected chi connectivity index (χ4v) is 5.21. The number of thiazole rings is 1. The second-order valence-electron chi connectivity index (χ2n) is 8.42. The Morgan fingerprint density at radius 3 is 2.67 bits per heavy atom. The molecule has 1 fully saturated rings. The minimum atomic E-state index is -0.939. The monoisotopic (exact) mass is 502 g/mol. The Bertz CT molecular complexity index is 1480. The predicted octanol–water partition coefficient (Wildman–Crippen LogP) is 6.24. The number of rotatable bonds is 7. The largest absolute Gasteiger partial charge is 0.507 e. The smallest absolute Gasteiger partial charge is 0.301 e. The fourth-order valence-electron chi connectivity index (χ4n) is 4.19. The average Bonchev–Trinajstić information content (AvgIpc) is 3.42. The number of ketones is 1. The van der Waals surface area contributed by atoms with Gasteiger partial charge in [0.15, 0.2) is 5.13 Å². The molecule has 1 saturated heterocycles. The van der Waals surface area contributed by atoms with E-state index in [0.29, 0.717) is 33.7 Å². The lowest BCUT2D eigenvalue weighted by Crippen LogP contribution is -2.29. The van der Waals surface area contributed by atoms with E-state index in [9.17, 15) is 19.1 Å². The fraction of sp³-hybridized carbons (Fsp3) is 0.179. The van der Waals surface area contributed by atoms with Crippen molar-refractivity contribution in [2.45, 2.75) is 25.8 Å². The number of hydrogen-bond donors (Lipinski definition) is 1. The van der Waals surface area contributed by atoms with Gasteiger partial charge in [-0.15, -0.1) is 0 Å². The number of amides is 1. The van der Waals surface area contributed by atoms with Gasteiger partial charge < -0.3 is 9.84 Å². The SMILES string of the molecule is CCCCOc1cccc(C2/C(=C(\O)c3ccccc3)C(=O)C(=O)N2c2nc3ccc(F)cc3s2)c1. The second-order valence-corrected chi connectivity index (χ2v) is 9.43. The molecule has 0 spiro atoms. The molecule has 0 radical (unpaired) electrons. The van der Waals surface area contributed by atoms with Gasteiger partial charge in [0.25, 0.3) is 5.78 Å². The van der Waals surface area contributed by atoms with E-state index in [4.69, 9.17) is 4.74 Å². The molecule has 1 aliphatic rings. The van der Waals surface area contributed by atoms with E-state index >= 15 is 0 Å². The Morgan fingerprint density at radius 2 is 1.89 bits per heavy atom. The number of hydrogen-bond acceptors (Lipinski definition) is 6. The second kappa shape index (κ2) is 9.91. The quantitative estimate of drug-likeness (QED) is 0.140. The minimum Gasteiger partial charge on any atom is -0.507 e. The Morgan fingerprint density at radius 1 is 1.08 bits per heavy atom. The summed E-state index contributed by atoms with van der Waals surface area (Å²) in [5, 5.41) is 11.4. The normalized spacial score (nSPS) is 17.2. The number of anilines is 1. The number of benzene rings is 3. The third-order valence-corrected chi connectivity index (χ3v) is 6.99. The van der Waals surface area contributed by atoms with Crippen LogP contribution in [0.5, 0.6) is 5.75 Å². The maximum absolute atomic E-state index is 13.8. The molecule has 1 unspecified atom stereocenters. The van der Waals surface area contributed by atoms with E-state index in [-0.39, 0.29) is 16.5 Å². The first-order valence-corrected chi connectivity index (χ1v) is 12.4. The summed E-state index contributed by atoms with van der Waals surface area (Å²) in [5.74, 6) is -1.72. The highest BCUT2D eigenvalue weighted by Crippen LogP contribution is 2.44. The average molecular weight is 503 g/mol. The van der Waals surface area contributed by atoms with E-state index in [1.165, 1.54) is 23.1 Å². The molecule has 8 heteroatoms. The number of ether oxygens (including phenoxy) is 1. The lowest BCUT2D eigenvalue weighted by atomic mass is 9.95. The van der Waals surface area contributed by atoms with Crippen molar-refractivity contribution in [3.63, 3.8) is 0 Å². The first kappa shape index (κ1) is 23.7. The molecule has 1 atom stereocenters. The minimum absolute atomic E-state index is 0.0395. The summed E-state index contributed by atoms with van der Waals surface area (Å²) in [4.78, 5) is 32.5. The van der Waals surface area contributed by atoms with Crippen molar-refractivity contribution in [1.82, 2.24) is 4.98 Å². The molecule has 182 valence electrons. The standard InChI is InChI=1S/C28H23FN2O4S/c1-2-3-14-35-20-11-7-10-18(15-20)24-23(25(32)17-8-5-4-6-9-17)26(33)27(34)31(24)28-30-21-13-12-19(29)16-22(21)36-28/h4-13,15-16,24,32H,2-3,14H2,1H3/b25-23+. The topological polar surface area (TPSA) is 79.7 Å². The zero-order valence-corrected chi connectivity index (χ0v) is 20.3. The number of carbonyl (C=O) groups excluding carboxylic acids is 2. The maximum atomic E-state index is 13.8. The van der Waals surface area contributed by atoms with Crippen molar-refractivity contribution in [2.24, 2.45) is 0 Å². The van der Waals surface area contributed by atoms with Gasteiger partial charge in [0.2, 0.25) is 0 Å². The van der Waals surface area contributed by atoms with Crippen molar-refractivity contribution in [3.8, 4) is 5.75 Å². The van der Waals surface area contributed by atoms with E-state index in [1.54, 1.807) is 48.5 Å². The van der Waals surface area contributed by atoms with Gasteiger partial charge in [-0.3, -0.25) is 14.5 Å². The molecule has 0 aliphatic carbocycles. The Balaban J connectivity index is 1.67. The zero-order valence-electron chi connectivity index (χ0n) is 19.5. The van der Waals surface area contributed by atoms with Crippen LogP contribution in [0.1, 0.15) is 36.9 Å². The van der Waals surface area contributed by atoms with Gasteiger partial charge in [-0.1, -0.05) is 67.1 Å². The number of fused-ring (bicyclic) bond motifs is 1. The molecule has 1 N–H and O–H groups in total. The maximum Gasteiger partial charge on any atom is 0.301 e. The van der Waals surface area contributed by atoms with E-state index in [0.717, 1.165) is 24.2 Å². The van der Waals surface area contributed by atoms with Crippen molar-refractivity contribution >= 4 is 44.1 Å². The molecule has 0 bridgehead atoms. The molecule has 3 aromatic carbocycles. The molecule has 0 saturated carbocycles. The van der Waals surface area contributed by atoms with E-state index in [2.05, 4.69) is 11.9 Å². The van der Waals surface area contributed by atoms with Crippen LogP contribution >= 0.6 is 11.3 Å². The molecular weight excluding hydrogens is 479 g/mol. The molecule has 6 nitrogen and oxygen atoms in total. The van der Waals surface area contributed by atoms with Crippen LogP contribution in [-0.2, 0) is 9.59 Å². The molecule has 2 heterocycles. The highest BCUT2D eigenvalue weighted by Gasteiger charge is 2.48. The van der Waals surface area contributed by atoms with Crippen molar-refractivity contribution in [1.29, 1.82) is 0 Å². The van der Waals surface area contributed by atoms with Crippen LogP contribution in [0.4, 0.5) is 9.52 Å². The van der Waals surface area contributed by atoms with Gasteiger partial charge in [0, 0.05) is 5.56 Å². The van der Waals surface area contributed by atoms with Crippen molar-refractivity contribution in [3.05, 3.63) is 95.3 Å². The van der Waals surface area contributed by atoms with Crippen molar-refractivity contribution in [2.75, 3.05) is 11.5 Å². The van der Waals surface area contributed by atoms with E-state index in [1.807, 2.05) is 6.07 Å². The van der Waals surface area contributed by atoms with Crippen molar-refractivity contribution < 1.29 is 23.8 Å². The third kappa shape index (κ3) is 4.35. The lowest BCUT2D eigenvalue weighted by molar-refractivity contribution is -0.132. The number of carbonyl (C=O) groups is 2. The lowest BCUT2D eigenvalue weighted by Gasteiger charge is -2.23. The highest BCUT2D eigenvalue weighted by molar-refractivity contribution is 7.22. The van der Waals surface area contributed by atoms with Gasteiger partial charge in [-0.2, -0.15) is 0 Å². The number of aromatic nitrogens is 1. The van der Waals surface area contributed by atoms with Gasteiger partial charge >= 0.3 is 5.91 Å². The van der Waals surface area contributed by atoms with Gasteiger partial charge in [-0.05, 0) is 42.3 Å². The molecule has 1 aliphatic heterocycles. The van der Waals surface area contributed by atoms with Crippen LogP contribution in [0.3, 0.4) is 0 Å². The summed E-state index contributed by atoms with van der Waals surface area (Å²) in [6.07, 6.45) is 1.87. The Hall–Kier alpha value is -4.04. The van der Waals surface area contributed by atoms with Gasteiger partial charge in [0.05, 0.1) is 28.4 Å². The molecule has 5 rings (SSSR count). The molecule has 4 aromatic rings. The predicted molar refractivity (Wildman–Crippen MR) is 138 cm³/mol. The van der Waals surface area contributed by atoms with Gasteiger partial charge in [-0.25, -0.2) is 9.37 Å². The Labute approximate surface area is 211 Å². The summed E-state index contributed by atoms with van der Waals surface area (Å²) in [6, 6.07) is 19.0. The number of halogens is 1. The van der Waals surface area contributed by atoms with Crippen LogP contribution in [0.15, 0.2) is 78.4 Å².